The Morgan fingerprint density at radius 3 is 2.21 bits per heavy atom. The van der Waals surface area contributed by atoms with Crippen molar-refractivity contribution in [2.75, 3.05) is 0 Å². The van der Waals surface area contributed by atoms with Gasteiger partial charge in [0.25, 0.3) is 5.91 Å². The molecular formula is C15H12F3NO4S. The van der Waals surface area contributed by atoms with Crippen LogP contribution in [0, 0.1) is 0 Å². The second-order valence-electron chi connectivity index (χ2n) is 4.78. The number of hydrogen-bond donors (Lipinski definition) is 2. The highest BCUT2D eigenvalue weighted by Gasteiger charge is 2.31. The predicted molar refractivity (Wildman–Crippen MR) is 80.3 cm³/mol. The van der Waals surface area contributed by atoms with Crippen molar-refractivity contribution in [3.05, 3.63) is 51.7 Å². The molecule has 0 spiro atoms. The zero-order valence-corrected chi connectivity index (χ0v) is 13.1. The standard InChI is InChI=1S/C15H12F3NO4S/c1-8(9-2-4-10(5-3-9)23-15(16,17)18)19-13(20)11-6-7-12(24-11)14(21)22/h2-8H,1H3,(H,19,20)(H,21,22). The Hall–Kier alpha value is -2.55. The summed E-state index contributed by atoms with van der Waals surface area (Å²) in [7, 11) is 0. The highest BCUT2D eigenvalue weighted by molar-refractivity contribution is 7.15. The molecule has 1 amide bonds. The number of nitrogens with one attached hydrogen (secondary N) is 1. The van der Waals surface area contributed by atoms with E-state index >= 15 is 0 Å². The topological polar surface area (TPSA) is 75.6 Å². The summed E-state index contributed by atoms with van der Waals surface area (Å²) in [5.74, 6) is -1.93. The molecule has 1 heterocycles. The van der Waals surface area contributed by atoms with Gasteiger partial charge < -0.3 is 15.2 Å². The molecule has 0 aliphatic carbocycles. The first kappa shape index (κ1) is 17.8. The number of aromatic carboxylic acids is 1. The van der Waals surface area contributed by atoms with Crippen LogP contribution in [0.25, 0.3) is 0 Å². The first-order valence-electron chi connectivity index (χ1n) is 6.65. The Morgan fingerprint density at radius 1 is 1.12 bits per heavy atom. The zero-order valence-electron chi connectivity index (χ0n) is 12.3. The van der Waals surface area contributed by atoms with Crippen LogP contribution in [0.3, 0.4) is 0 Å². The van der Waals surface area contributed by atoms with Gasteiger partial charge >= 0.3 is 12.3 Å². The quantitative estimate of drug-likeness (QED) is 0.851. The van der Waals surface area contributed by atoms with Crippen molar-refractivity contribution in [2.24, 2.45) is 0 Å². The summed E-state index contributed by atoms with van der Waals surface area (Å²) in [4.78, 5) is 23.1. The lowest BCUT2D eigenvalue weighted by Gasteiger charge is -2.15. The number of ether oxygens (including phenoxy) is 1. The van der Waals surface area contributed by atoms with Gasteiger partial charge in [-0.2, -0.15) is 0 Å². The number of carbonyl (C=O) groups excluding carboxylic acids is 1. The minimum Gasteiger partial charge on any atom is -0.477 e. The molecule has 1 atom stereocenters. The first-order chi connectivity index (χ1) is 11.2. The molecule has 0 fully saturated rings. The fourth-order valence-corrected chi connectivity index (χ4v) is 2.63. The van der Waals surface area contributed by atoms with Crippen molar-refractivity contribution >= 4 is 23.2 Å². The van der Waals surface area contributed by atoms with Crippen LogP contribution < -0.4 is 10.1 Å². The van der Waals surface area contributed by atoms with Gasteiger partial charge in [-0.05, 0) is 36.8 Å². The molecule has 0 bridgehead atoms. The Kier molecular flexibility index (Phi) is 5.13. The summed E-state index contributed by atoms with van der Waals surface area (Å²) in [6.45, 7) is 1.66. The van der Waals surface area contributed by atoms with Crippen LogP contribution >= 0.6 is 11.3 Å². The number of alkyl halides is 3. The summed E-state index contributed by atoms with van der Waals surface area (Å²) >= 11 is 0.838. The van der Waals surface area contributed by atoms with Crippen LogP contribution in [0.15, 0.2) is 36.4 Å². The summed E-state index contributed by atoms with van der Waals surface area (Å²) in [6, 6.07) is 7.37. The lowest BCUT2D eigenvalue weighted by Crippen LogP contribution is -2.25. The van der Waals surface area contributed by atoms with Gasteiger partial charge in [0.2, 0.25) is 0 Å². The molecule has 0 aliphatic rings. The van der Waals surface area contributed by atoms with Crippen molar-refractivity contribution in [2.45, 2.75) is 19.3 Å². The van der Waals surface area contributed by atoms with Crippen LogP contribution in [-0.2, 0) is 0 Å². The maximum Gasteiger partial charge on any atom is 0.573 e. The van der Waals surface area contributed by atoms with Crippen molar-refractivity contribution in [1.29, 1.82) is 0 Å². The Balaban J connectivity index is 2.02. The van der Waals surface area contributed by atoms with Gasteiger partial charge in [-0.1, -0.05) is 12.1 Å². The van der Waals surface area contributed by atoms with E-state index in [4.69, 9.17) is 5.11 Å². The molecule has 1 aromatic carbocycles. The smallest absolute Gasteiger partial charge is 0.477 e. The average molecular weight is 359 g/mol. The minimum atomic E-state index is -4.76. The number of amides is 1. The molecule has 2 rings (SSSR count). The zero-order chi connectivity index (χ0) is 17.9. The minimum absolute atomic E-state index is 0.0430. The molecule has 5 nitrogen and oxygen atoms in total. The third kappa shape index (κ3) is 4.72. The Bertz CT molecular complexity index is 740. The van der Waals surface area contributed by atoms with E-state index in [1.165, 1.54) is 24.3 Å². The molecule has 24 heavy (non-hydrogen) atoms. The molecule has 128 valence electrons. The van der Waals surface area contributed by atoms with Crippen LogP contribution in [0.1, 0.15) is 37.9 Å². The van der Waals surface area contributed by atoms with Crippen molar-refractivity contribution in [3.8, 4) is 5.75 Å². The Morgan fingerprint density at radius 2 is 1.71 bits per heavy atom. The van der Waals surface area contributed by atoms with Crippen LogP contribution in [-0.4, -0.2) is 23.3 Å². The molecular weight excluding hydrogens is 347 g/mol. The summed E-state index contributed by atoms with van der Waals surface area (Å²) in [5, 5.41) is 11.5. The van der Waals surface area contributed by atoms with Crippen molar-refractivity contribution in [3.63, 3.8) is 0 Å². The number of thiophene rings is 1. The van der Waals surface area contributed by atoms with E-state index in [1.54, 1.807) is 6.92 Å². The number of hydrogen-bond acceptors (Lipinski definition) is 4. The van der Waals surface area contributed by atoms with Crippen LogP contribution in [0.2, 0.25) is 0 Å². The van der Waals surface area contributed by atoms with Gasteiger partial charge in [0, 0.05) is 0 Å². The summed E-state index contributed by atoms with van der Waals surface area (Å²) in [5.41, 5.74) is 0.577. The fourth-order valence-electron chi connectivity index (χ4n) is 1.88. The number of carboxylic acid groups (broad SMARTS) is 1. The molecule has 0 radical (unpaired) electrons. The van der Waals surface area contributed by atoms with E-state index in [2.05, 4.69) is 10.1 Å². The number of benzene rings is 1. The number of carbonyl (C=O) groups is 2. The monoisotopic (exact) mass is 359 g/mol. The summed E-state index contributed by atoms with van der Waals surface area (Å²) in [6.07, 6.45) is -4.76. The third-order valence-corrected chi connectivity index (χ3v) is 4.07. The first-order valence-corrected chi connectivity index (χ1v) is 7.47. The molecule has 0 aliphatic heterocycles. The molecule has 2 aromatic rings. The van der Waals surface area contributed by atoms with Crippen LogP contribution in [0.5, 0.6) is 5.75 Å². The maximum atomic E-state index is 12.1. The average Bonchev–Trinajstić information content (AvgIpc) is 2.96. The molecule has 0 saturated carbocycles. The lowest BCUT2D eigenvalue weighted by molar-refractivity contribution is -0.274. The van der Waals surface area contributed by atoms with Gasteiger partial charge in [-0.3, -0.25) is 4.79 Å². The second kappa shape index (κ2) is 6.91. The molecule has 2 N–H and O–H groups in total. The van der Waals surface area contributed by atoms with Gasteiger partial charge in [-0.25, -0.2) is 4.79 Å². The molecule has 0 saturated heterocycles. The largest absolute Gasteiger partial charge is 0.573 e. The van der Waals surface area contributed by atoms with Crippen molar-refractivity contribution < 1.29 is 32.6 Å². The number of carboxylic acids is 1. The van der Waals surface area contributed by atoms with E-state index in [1.807, 2.05) is 0 Å². The fraction of sp³-hybridized carbons (Fsp3) is 0.200. The van der Waals surface area contributed by atoms with Crippen LogP contribution in [0.4, 0.5) is 13.2 Å². The van der Waals surface area contributed by atoms with Gasteiger partial charge in [0.15, 0.2) is 0 Å². The highest BCUT2D eigenvalue weighted by atomic mass is 32.1. The lowest BCUT2D eigenvalue weighted by atomic mass is 10.1. The van der Waals surface area contributed by atoms with Crippen molar-refractivity contribution in [1.82, 2.24) is 5.32 Å². The molecule has 9 heteroatoms. The van der Waals surface area contributed by atoms with E-state index in [9.17, 15) is 22.8 Å². The maximum absolute atomic E-state index is 12.1. The Labute approximate surface area is 138 Å². The number of rotatable bonds is 5. The number of halogens is 3. The van der Waals surface area contributed by atoms with Gasteiger partial charge in [0.1, 0.15) is 10.6 Å². The van der Waals surface area contributed by atoms with E-state index < -0.39 is 24.3 Å². The highest BCUT2D eigenvalue weighted by Crippen LogP contribution is 2.25. The van der Waals surface area contributed by atoms with E-state index in [0.717, 1.165) is 23.5 Å². The van der Waals surface area contributed by atoms with E-state index in [-0.39, 0.29) is 15.5 Å². The summed E-state index contributed by atoms with van der Waals surface area (Å²) < 4.78 is 40.1. The third-order valence-electron chi connectivity index (χ3n) is 3.00. The molecule has 1 unspecified atom stereocenters. The second-order valence-corrected chi connectivity index (χ2v) is 5.86. The SMILES string of the molecule is CC(NC(=O)c1ccc(C(=O)O)s1)c1ccc(OC(F)(F)F)cc1. The predicted octanol–water partition coefficient (Wildman–Crippen LogP) is 3.84. The van der Waals surface area contributed by atoms with E-state index in [0.29, 0.717) is 5.56 Å². The molecule has 1 aromatic heterocycles. The van der Waals surface area contributed by atoms with Gasteiger partial charge in [0.05, 0.1) is 10.9 Å². The normalized spacial score (nSPS) is 12.5. The van der Waals surface area contributed by atoms with Gasteiger partial charge in [-0.15, -0.1) is 24.5 Å².